The largest absolute Gasteiger partial charge is 0.459 e. The van der Waals surface area contributed by atoms with E-state index in [4.69, 9.17) is 4.42 Å². The zero-order valence-corrected chi connectivity index (χ0v) is 14.2. The number of guanidine groups is 1. The molecule has 0 atom stereocenters. The molecule has 0 saturated carbocycles. The van der Waals surface area contributed by atoms with Crippen LogP contribution in [0.25, 0.3) is 11.0 Å². The molecule has 0 aliphatic carbocycles. The number of hydrogen-bond acceptors (Lipinski definition) is 4. The van der Waals surface area contributed by atoms with Gasteiger partial charge in [0.05, 0.1) is 6.54 Å². The second-order valence-corrected chi connectivity index (χ2v) is 5.58. The van der Waals surface area contributed by atoms with Crippen molar-refractivity contribution in [3.63, 3.8) is 0 Å². The summed E-state index contributed by atoms with van der Waals surface area (Å²) in [6.07, 6.45) is 1.54. The van der Waals surface area contributed by atoms with Crippen LogP contribution in [0.1, 0.15) is 18.5 Å². The van der Waals surface area contributed by atoms with E-state index in [-0.39, 0.29) is 0 Å². The first kappa shape index (κ1) is 16.0. The Balaban J connectivity index is 1.73. The molecule has 0 amide bonds. The quantitative estimate of drug-likeness (QED) is 0.575. The van der Waals surface area contributed by atoms with Crippen LogP contribution in [0.5, 0.6) is 0 Å². The van der Waals surface area contributed by atoms with E-state index in [9.17, 15) is 0 Å². The Morgan fingerprint density at radius 3 is 2.92 bits per heavy atom. The monoisotopic (exact) mass is 326 g/mol. The first-order valence-corrected chi connectivity index (χ1v) is 7.97. The van der Waals surface area contributed by atoms with E-state index in [2.05, 4.69) is 32.5 Å². The molecule has 1 N–H and O–H groups in total. The topological polar surface area (TPSA) is 71.5 Å². The summed E-state index contributed by atoms with van der Waals surface area (Å²) in [7, 11) is 3.86. The maximum Gasteiger partial charge on any atom is 0.194 e. The van der Waals surface area contributed by atoms with Crippen LogP contribution in [0.2, 0.25) is 0 Å². The molecule has 2 heterocycles. The van der Waals surface area contributed by atoms with Gasteiger partial charge in [-0.2, -0.15) is 5.10 Å². The molecule has 0 aliphatic heterocycles. The molecule has 1 aromatic carbocycles. The zero-order chi connectivity index (χ0) is 16.9. The first-order valence-electron chi connectivity index (χ1n) is 7.97. The fourth-order valence-electron chi connectivity index (χ4n) is 2.50. The second-order valence-electron chi connectivity index (χ2n) is 5.58. The van der Waals surface area contributed by atoms with Crippen LogP contribution in [0, 0.1) is 0 Å². The SMILES string of the molecule is CCNC(=NCc1ncnn1C)N(C)Cc1cc2ccccc2o1. The molecule has 7 heteroatoms. The lowest BCUT2D eigenvalue weighted by Gasteiger charge is -2.20. The van der Waals surface area contributed by atoms with Gasteiger partial charge in [0.2, 0.25) is 0 Å². The average Bonchev–Trinajstić information content (AvgIpc) is 3.16. The van der Waals surface area contributed by atoms with Crippen molar-refractivity contribution in [3.05, 3.63) is 48.2 Å². The molecular weight excluding hydrogens is 304 g/mol. The fourth-order valence-corrected chi connectivity index (χ4v) is 2.50. The molecule has 0 aliphatic rings. The van der Waals surface area contributed by atoms with E-state index in [0.29, 0.717) is 13.1 Å². The van der Waals surface area contributed by atoms with Crippen molar-refractivity contribution in [1.29, 1.82) is 0 Å². The summed E-state index contributed by atoms with van der Waals surface area (Å²) in [6, 6.07) is 10.1. The predicted octanol–water partition coefficient (Wildman–Crippen LogP) is 2.16. The molecule has 0 spiro atoms. The van der Waals surface area contributed by atoms with Crippen LogP contribution in [-0.4, -0.2) is 39.2 Å². The van der Waals surface area contributed by atoms with Crippen LogP contribution in [0.15, 0.2) is 46.1 Å². The van der Waals surface area contributed by atoms with Crippen molar-refractivity contribution >= 4 is 16.9 Å². The number of nitrogens with zero attached hydrogens (tertiary/aromatic N) is 5. The Hall–Kier alpha value is -2.83. The van der Waals surface area contributed by atoms with Gasteiger partial charge in [-0.15, -0.1) is 0 Å². The molecule has 24 heavy (non-hydrogen) atoms. The number of nitrogens with one attached hydrogen (secondary N) is 1. The van der Waals surface area contributed by atoms with Crippen molar-refractivity contribution < 1.29 is 4.42 Å². The summed E-state index contributed by atoms with van der Waals surface area (Å²) in [5, 5.41) is 8.47. The third-order valence-corrected chi connectivity index (χ3v) is 3.74. The van der Waals surface area contributed by atoms with Gasteiger partial charge in [-0.05, 0) is 19.1 Å². The number of hydrogen-bond donors (Lipinski definition) is 1. The van der Waals surface area contributed by atoms with Crippen LogP contribution < -0.4 is 5.32 Å². The van der Waals surface area contributed by atoms with Gasteiger partial charge in [0.1, 0.15) is 30.0 Å². The smallest absolute Gasteiger partial charge is 0.194 e. The number of para-hydroxylation sites is 1. The maximum atomic E-state index is 5.89. The van der Waals surface area contributed by atoms with Gasteiger partial charge in [-0.25, -0.2) is 9.98 Å². The van der Waals surface area contributed by atoms with Crippen molar-refractivity contribution in [2.45, 2.75) is 20.0 Å². The minimum Gasteiger partial charge on any atom is -0.459 e. The Labute approximate surface area is 141 Å². The Morgan fingerprint density at radius 1 is 1.38 bits per heavy atom. The predicted molar refractivity (Wildman–Crippen MR) is 93.5 cm³/mol. The maximum absolute atomic E-state index is 5.89. The number of fused-ring (bicyclic) bond motifs is 1. The Morgan fingerprint density at radius 2 is 2.21 bits per heavy atom. The first-order chi connectivity index (χ1) is 11.7. The standard InChI is InChI=1S/C17H22N6O/c1-4-18-17(19-10-16-20-12-21-23(16)3)22(2)11-14-9-13-7-5-6-8-15(13)24-14/h5-9,12H,4,10-11H2,1-3H3,(H,18,19). The van der Waals surface area contributed by atoms with E-state index in [1.54, 1.807) is 4.68 Å². The molecule has 0 bridgehead atoms. The second kappa shape index (κ2) is 7.16. The molecule has 2 aromatic heterocycles. The Kier molecular flexibility index (Phi) is 4.79. The molecule has 0 saturated heterocycles. The highest BCUT2D eigenvalue weighted by Gasteiger charge is 2.11. The molecular formula is C17H22N6O. The van der Waals surface area contributed by atoms with Gasteiger partial charge in [-0.1, -0.05) is 18.2 Å². The third-order valence-electron chi connectivity index (χ3n) is 3.74. The molecule has 0 fully saturated rings. The molecule has 3 rings (SSSR count). The highest BCUT2D eigenvalue weighted by atomic mass is 16.3. The minimum absolute atomic E-state index is 0.475. The van der Waals surface area contributed by atoms with Crippen molar-refractivity contribution in [1.82, 2.24) is 25.0 Å². The lowest BCUT2D eigenvalue weighted by atomic mass is 10.2. The van der Waals surface area contributed by atoms with Crippen molar-refractivity contribution in [2.75, 3.05) is 13.6 Å². The normalized spacial score (nSPS) is 11.9. The molecule has 0 unspecified atom stereocenters. The van der Waals surface area contributed by atoms with Gasteiger partial charge >= 0.3 is 0 Å². The third kappa shape index (κ3) is 3.56. The molecule has 3 aromatic rings. The molecule has 126 valence electrons. The summed E-state index contributed by atoms with van der Waals surface area (Å²) in [5.41, 5.74) is 0.905. The van der Waals surface area contributed by atoms with Gasteiger partial charge < -0.3 is 14.6 Å². The fraction of sp³-hybridized carbons (Fsp3) is 0.353. The number of aryl methyl sites for hydroxylation is 1. The minimum atomic E-state index is 0.475. The average molecular weight is 326 g/mol. The van der Waals surface area contributed by atoms with E-state index in [0.717, 1.165) is 35.1 Å². The van der Waals surface area contributed by atoms with E-state index in [1.165, 1.54) is 6.33 Å². The number of furan rings is 1. The van der Waals surface area contributed by atoms with Crippen molar-refractivity contribution in [3.8, 4) is 0 Å². The van der Waals surface area contributed by atoms with E-state index < -0.39 is 0 Å². The number of benzene rings is 1. The summed E-state index contributed by atoms with van der Waals surface area (Å²) in [6.45, 7) is 3.96. The van der Waals surface area contributed by atoms with Gasteiger partial charge in [0.25, 0.3) is 0 Å². The number of aliphatic imine (C=N–C) groups is 1. The molecule has 7 nitrogen and oxygen atoms in total. The van der Waals surface area contributed by atoms with Crippen LogP contribution in [0.3, 0.4) is 0 Å². The lowest BCUT2D eigenvalue weighted by molar-refractivity contribution is 0.412. The van der Waals surface area contributed by atoms with Crippen LogP contribution in [-0.2, 0) is 20.1 Å². The number of rotatable bonds is 5. The zero-order valence-electron chi connectivity index (χ0n) is 14.2. The van der Waals surface area contributed by atoms with Crippen molar-refractivity contribution in [2.24, 2.45) is 12.0 Å². The van der Waals surface area contributed by atoms with Gasteiger partial charge in [0, 0.05) is 26.0 Å². The summed E-state index contributed by atoms with van der Waals surface area (Å²) < 4.78 is 7.61. The van der Waals surface area contributed by atoms with Gasteiger partial charge in [0.15, 0.2) is 5.96 Å². The molecule has 0 radical (unpaired) electrons. The summed E-state index contributed by atoms with van der Waals surface area (Å²) >= 11 is 0. The highest BCUT2D eigenvalue weighted by molar-refractivity contribution is 5.80. The summed E-state index contributed by atoms with van der Waals surface area (Å²) in [4.78, 5) is 10.9. The van der Waals surface area contributed by atoms with E-state index >= 15 is 0 Å². The summed E-state index contributed by atoms with van der Waals surface area (Å²) in [5.74, 6) is 2.53. The highest BCUT2D eigenvalue weighted by Crippen LogP contribution is 2.19. The lowest BCUT2D eigenvalue weighted by Crippen LogP contribution is -2.38. The van der Waals surface area contributed by atoms with Crippen LogP contribution in [0.4, 0.5) is 0 Å². The Bertz CT molecular complexity index is 801. The van der Waals surface area contributed by atoms with Crippen LogP contribution >= 0.6 is 0 Å². The number of aromatic nitrogens is 3. The van der Waals surface area contributed by atoms with Gasteiger partial charge in [-0.3, -0.25) is 4.68 Å². The van der Waals surface area contributed by atoms with E-state index in [1.807, 2.05) is 44.1 Å².